The Bertz CT molecular complexity index is 1210. The topological polar surface area (TPSA) is 94.0 Å². The molecule has 11 heteroatoms. The molecule has 0 bridgehead atoms. The van der Waals surface area contributed by atoms with E-state index in [9.17, 15) is 18.0 Å². The molecule has 8 nitrogen and oxygen atoms in total. The second-order valence-corrected chi connectivity index (χ2v) is 6.47. The van der Waals surface area contributed by atoms with Crippen molar-refractivity contribution in [1.82, 2.24) is 19.5 Å². The van der Waals surface area contributed by atoms with Gasteiger partial charge in [0.05, 0.1) is 5.56 Å². The lowest BCUT2D eigenvalue weighted by atomic mass is 10.2. The van der Waals surface area contributed by atoms with Crippen LogP contribution in [-0.4, -0.2) is 25.6 Å². The number of amides is 2. The molecule has 0 aliphatic carbocycles. The second kappa shape index (κ2) is 8.76. The Hall–Kier alpha value is -4.41. The van der Waals surface area contributed by atoms with Crippen LogP contribution in [0.15, 0.2) is 79.6 Å². The number of imidazole rings is 1. The fourth-order valence-electron chi connectivity index (χ4n) is 2.72. The molecule has 2 heterocycles. The van der Waals surface area contributed by atoms with Crippen LogP contribution in [0.3, 0.4) is 0 Å². The highest BCUT2D eigenvalue weighted by atomic mass is 19.4. The number of carbonyl (C=O) groups is 1. The molecule has 4 aromatic rings. The van der Waals surface area contributed by atoms with E-state index in [0.717, 1.165) is 12.1 Å². The number of hydrogen-bond acceptors (Lipinski definition) is 5. The van der Waals surface area contributed by atoms with E-state index in [4.69, 9.17) is 4.74 Å². The predicted octanol–water partition coefficient (Wildman–Crippen LogP) is 5.12. The number of rotatable bonds is 5. The smallest absolute Gasteiger partial charge is 0.416 e. The number of hydrogen-bond donors (Lipinski definition) is 2. The summed E-state index contributed by atoms with van der Waals surface area (Å²) >= 11 is 0. The Kier molecular flexibility index (Phi) is 5.71. The number of nitrogens with one attached hydrogen (secondary N) is 2. The summed E-state index contributed by atoms with van der Waals surface area (Å²) in [7, 11) is 0. The molecule has 0 aliphatic heterocycles. The van der Waals surface area contributed by atoms with Crippen molar-refractivity contribution in [1.29, 1.82) is 0 Å². The predicted molar refractivity (Wildman–Crippen MR) is 110 cm³/mol. The van der Waals surface area contributed by atoms with Crippen LogP contribution in [0.5, 0.6) is 11.6 Å². The number of ether oxygens (including phenoxy) is 1. The Morgan fingerprint density at radius 2 is 1.75 bits per heavy atom. The van der Waals surface area contributed by atoms with Crippen molar-refractivity contribution >= 4 is 17.4 Å². The summed E-state index contributed by atoms with van der Waals surface area (Å²) in [6.45, 7) is 0. The molecule has 162 valence electrons. The molecule has 2 N–H and O–H groups in total. The minimum absolute atomic E-state index is 0.0229. The van der Waals surface area contributed by atoms with Crippen LogP contribution in [0.25, 0.3) is 5.82 Å². The van der Waals surface area contributed by atoms with Crippen LogP contribution in [0.1, 0.15) is 5.56 Å². The minimum Gasteiger partial charge on any atom is -0.439 e. The molecule has 0 atom stereocenters. The van der Waals surface area contributed by atoms with Gasteiger partial charge in [0.15, 0.2) is 0 Å². The van der Waals surface area contributed by atoms with Gasteiger partial charge in [-0.2, -0.15) is 13.2 Å². The third-order valence-corrected chi connectivity index (χ3v) is 4.18. The number of alkyl halides is 3. The lowest BCUT2D eigenvalue weighted by Gasteiger charge is -2.11. The second-order valence-electron chi connectivity index (χ2n) is 6.47. The molecule has 0 aliphatic rings. The summed E-state index contributed by atoms with van der Waals surface area (Å²) in [4.78, 5) is 24.3. The van der Waals surface area contributed by atoms with Gasteiger partial charge in [0.1, 0.15) is 24.2 Å². The average molecular weight is 440 g/mol. The summed E-state index contributed by atoms with van der Waals surface area (Å²) < 4.78 is 45.8. The zero-order chi connectivity index (χ0) is 22.6. The van der Waals surface area contributed by atoms with Crippen LogP contribution in [-0.2, 0) is 6.18 Å². The number of urea groups is 1. The van der Waals surface area contributed by atoms with Gasteiger partial charge < -0.3 is 15.4 Å². The van der Waals surface area contributed by atoms with E-state index >= 15 is 0 Å². The van der Waals surface area contributed by atoms with Crippen LogP contribution >= 0.6 is 0 Å². The van der Waals surface area contributed by atoms with Crippen molar-refractivity contribution in [2.45, 2.75) is 6.18 Å². The highest BCUT2D eigenvalue weighted by Gasteiger charge is 2.30. The zero-order valence-corrected chi connectivity index (χ0v) is 16.2. The Morgan fingerprint density at radius 3 is 2.47 bits per heavy atom. The third kappa shape index (κ3) is 5.19. The SMILES string of the molecule is O=C(Nc1ccc(Oc2cc(-n3ccnc3)ncn2)cc1)Nc1cccc(C(F)(F)F)c1. The van der Waals surface area contributed by atoms with Crippen molar-refractivity contribution in [3.8, 4) is 17.4 Å². The van der Waals surface area contributed by atoms with Crippen molar-refractivity contribution in [3.05, 3.63) is 85.2 Å². The standard InChI is InChI=1S/C21H15F3N6O2/c22-21(23,24)14-2-1-3-16(10-14)29-20(31)28-15-4-6-17(7-5-15)32-19-11-18(26-12-27-19)30-9-8-25-13-30/h1-13H,(H2,28,29,31). The molecular formula is C21H15F3N6O2. The van der Waals surface area contributed by atoms with E-state index < -0.39 is 17.8 Å². The fourth-order valence-corrected chi connectivity index (χ4v) is 2.72. The van der Waals surface area contributed by atoms with E-state index in [0.29, 0.717) is 23.1 Å². The first-order valence-electron chi connectivity index (χ1n) is 9.20. The Morgan fingerprint density at radius 1 is 0.969 bits per heavy atom. The normalized spacial score (nSPS) is 11.1. The fraction of sp³-hybridized carbons (Fsp3) is 0.0476. The van der Waals surface area contributed by atoms with Gasteiger partial charge in [-0.3, -0.25) is 4.57 Å². The van der Waals surface area contributed by atoms with Gasteiger partial charge in [0.2, 0.25) is 5.88 Å². The quantitative estimate of drug-likeness (QED) is 0.449. The largest absolute Gasteiger partial charge is 0.439 e. The van der Waals surface area contributed by atoms with Crippen LogP contribution in [0.2, 0.25) is 0 Å². The van der Waals surface area contributed by atoms with E-state index in [-0.39, 0.29) is 5.69 Å². The van der Waals surface area contributed by atoms with Gasteiger partial charge >= 0.3 is 12.2 Å². The van der Waals surface area contributed by atoms with E-state index in [1.54, 1.807) is 53.6 Å². The number of halogens is 3. The van der Waals surface area contributed by atoms with Crippen LogP contribution in [0.4, 0.5) is 29.3 Å². The monoisotopic (exact) mass is 440 g/mol. The molecule has 2 aromatic carbocycles. The highest BCUT2D eigenvalue weighted by molar-refractivity contribution is 5.99. The van der Waals surface area contributed by atoms with Gasteiger partial charge in [-0.15, -0.1) is 0 Å². The first-order valence-corrected chi connectivity index (χ1v) is 9.20. The summed E-state index contributed by atoms with van der Waals surface area (Å²) in [5.41, 5.74) is -0.406. The Balaban J connectivity index is 1.37. The van der Waals surface area contributed by atoms with Gasteiger partial charge in [-0.05, 0) is 42.5 Å². The molecule has 0 radical (unpaired) electrons. The lowest BCUT2D eigenvalue weighted by molar-refractivity contribution is -0.137. The Labute approximate surface area is 179 Å². The number of nitrogens with zero attached hydrogens (tertiary/aromatic N) is 4. The first kappa shape index (κ1) is 20.8. The highest BCUT2D eigenvalue weighted by Crippen LogP contribution is 2.30. The third-order valence-electron chi connectivity index (χ3n) is 4.18. The van der Waals surface area contributed by atoms with Gasteiger partial charge in [-0.1, -0.05) is 6.07 Å². The van der Waals surface area contributed by atoms with E-state index in [1.807, 2.05) is 0 Å². The molecule has 0 unspecified atom stereocenters. The van der Waals surface area contributed by atoms with Crippen LogP contribution < -0.4 is 15.4 Å². The minimum atomic E-state index is -4.49. The number of anilines is 2. The molecule has 0 fully saturated rings. The number of benzene rings is 2. The van der Waals surface area contributed by atoms with Gasteiger partial charge in [0.25, 0.3) is 0 Å². The van der Waals surface area contributed by atoms with Crippen molar-refractivity contribution in [3.63, 3.8) is 0 Å². The van der Waals surface area contributed by atoms with Crippen molar-refractivity contribution < 1.29 is 22.7 Å². The van der Waals surface area contributed by atoms with E-state index in [1.165, 1.54) is 18.5 Å². The summed E-state index contributed by atoms with van der Waals surface area (Å²) in [5, 5.41) is 4.92. The van der Waals surface area contributed by atoms with Gasteiger partial charge in [0, 0.05) is 29.8 Å². The zero-order valence-electron chi connectivity index (χ0n) is 16.2. The molecule has 0 spiro atoms. The maximum Gasteiger partial charge on any atom is 0.416 e. The number of aromatic nitrogens is 4. The molecular weight excluding hydrogens is 425 g/mol. The molecule has 0 saturated carbocycles. The first-order chi connectivity index (χ1) is 15.4. The maximum atomic E-state index is 12.8. The molecule has 2 aromatic heterocycles. The summed E-state index contributed by atoms with van der Waals surface area (Å²) in [6.07, 6.45) is 1.82. The molecule has 4 rings (SSSR count). The number of carbonyl (C=O) groups excluding carboxylic acids is 1. The molecule has 32 heavy (non-hydrogen) atoms. The van der Waals surface area contributed by atoms with E-state index in [2.05, 4.69) is 25.6 Å². The average Bonchev–Trinajstić information content (AvgIpc) is 3.30. The molecule has 2 amide bonds. The lowest BCUT2D eigenvalue weighted by Crippen LogP contribution is -2.19. The van der Waals surface area contributed by atoms with Crippen molar-refractivity contribution in [2.24, 2.45) is 0 Å². The maximum absolute atomic E-state index is 12.8. The summed E-state index contributed by atoms with van der Waals surface area (Å²) in [6, 6.07) is 11.7. The summed E-state index contributed by atoms with van der Waals surface area (Å²) in [5.74, 6) is 1.35. The van der Waals surface area contributed by atoms with Crippen LogP contribution in [0, 0.1) is 0 Å². The molecule has 0 saturated heterocycles. The van der Waals surface area contributed by atoms with Gasteiger partial charge in [-0.25, -0.2) is 19.7 Å². The van der Waals surface area contributed by atoms with Crippen molar-refractivity contribution in [2.75, 3.05) is 10.6 Å².